The zero-order chi connectivity index (χ0) is 21.0. The first-order valence-corrected chi connectivity index (χ1v) is 10.8. The maximum atomic E-state index is 12.3. The Balaban J connectivity index is 1.57. The average Bonchev–Trinajstić information content (AvgIpc) is 3.54. The van der Waals surface area contributed by atoms with E-state index >= 15 is 0 Å². The van der Waals surface area contributed by atoms with E-state index in [1.54, 1.807) is 6.07 Å². The van der Waals surface area contributed by atoms with Crippen molar-refractivity contribution in [2.24, 2.45) is 5.92 Å². The fourth-order valence-corrected chi connectivity index (χ4v) is 3.44. The van der Waals surface area contributed by atoms with E-state index in [-0.39, 0.29) is 24.3 Å². The number of carbonyl (C=O) groups is 2. The maximum absolute atomic E-state index is 12.3. The number of halogens is 1. The molecule has 1 aliphatic rings. The normalized spacial score (nSPS) is 14.2. The molecule has 29 heavy (non-hydrogen) atoms. The van der Waals surface area contributed by atoms with Gasteiger partial charge in [-0.3, -0.25) is 9.59 Å². The van der Waals surface area contributed by atoms with Crippen LogP contribution in [0.2, 0.25) is 0 Å². The van der Waals surface area contributed by atoms with Gasteiger partial charge in [0.05, 0.1) is 4.47 Å². The molecular formula is C23H27BrN2O3. The predicted octanol–water partition coefficient (Wildman–Crippen LogP) is 5.64. The highest BCUT2D eigenvalue weighted by Gasteiger charge is 2.29. The van der Waals surface area contributed by atoms with Crippen molar-refractivity contribution in [1.29, 1.82) is 0 Å². The third-order valence-electron chi connectivity index (χ3n) is 5.22. The molecular weight excluding hydrogens is 432 g/mol. The molecule has 1 saturated carbocycles. The predicted molar refractivity (Wildman–Crippen MR) is 120 cm³/mol. The van der Waals surface area contributed by atoms with E-state index in [1.807, 2.05) is 37.3 Å². The van der Waals surface area contributed by atoms with Gasteiger partial charge >= 0.3 is 0 Å². The third-order valence-corrected chi connectivity index (χ3v) is 5.84. The summed E-state index contributed by atoms with van der Waals surface area (Å²) in [6.07, 6.45) is 2.97. The number of hydrogen-bond donors (Lipinski definition) is 2. The van der Waals surface area contributed by atoms with Crippen molar-refractivity contribution < 1.29 is 14.3 Å². The minimum Gasteiger partial charge on any atom is -0.483 e. The number of hydrogen-bond acceptors (Lipinski definition) is 3. The molecule has 5 nitrogen and oxygen atoms in total. The van der Waals surface area contributed by atoms with Crippen molar-refractivity contribution in [2.75, 3.05) is 17.2 Å². The van der Waals surface area contributed by atoms with Crippen LogP contribution in [0.1, 0.15) is 50.2 Å². The van der Waals surface area contributed by atoms with Gasteiger partial charge in [0.2, 0.25) is 5.91 Å². The summed E-state index contributed by atoms with van der Waals surface area (Å²) in [5, 5.41) is 5.77. The lowest BCUT2D eigenvalue weighted by Crippen LogP contribution is -2.20. The molecule has 154 valence electrons. The van der Waals surface area contributed by atoms with Gasteiger partial charge in [-0.2, -0.15) is 0 Å². The fourth-order valence-electron chi connectivity index (χ4n) is 2.93. The second-order valence-electron chi connectivity index (χ2n) is 7.63. The van der Waals surface area contributed by atoms with Crippen molar-refractivity contribution >= 4 is 39.1 Å². The van der Waals surface area contributed by atoms with E-state index in [2.05, 4.69) is 40.4 Å². The van der Waals surface area contributed by atoms with Crippen LogP contribution in [-0.4, -0.2) is 18.4 Å². The van der Waals surface area contributed by atoms with Crippen LogP contribution in [0.4, 0.5) is 11.4 Å². The second kappa shape index (κ2) is 9.44. The number of nitrogens with one attached hydrogen (secondary N) is 2. The molecule has 1 aliphatic carbocycles. The lowest BCUT2D eigenvalue weighted by molar-refractivity contribution is -0.118. The van der Waals surface area contributed by atoms with E-state index in [0.717, 1.165) is 35.0 Å². The fraction of sp³-hybridized carbons (Fsp3) is 0.391. The van der Waals surface area contributed by atoms with Crippen molar-refractivity contribution in [2.45, 2.75) is 46.0 Å². The van der Waals surface area contributed by atoms with Gasteiger partial charge in [-0.25, -0.2) is 0 Å². The van der Waals surface area contributed by atoms with Crippen molar-refractivity contribution in [1.82, 2.24) is 0 Å². The van der Waals surface area contributed by atoms with E-state index in [0.29, 0.717) is 17.4 Å². The second-order valence-corrected chi connectivity index (χ2v) is 8.48. The molecule has 2 aromatic carbocycles. The van der Waals surface area contributed by atoms with Crippen LogP contribution in [0.5, 0.6) is 5.75 Å². The molecule has 6 heteroatoms. The molecule has 0 aromatic heterocycles. The van der Waals surface area contributed by atoms with Crippen molar-refractivity contribution in [3.8, 4) is 5.75 Å². The first-order chi connectivity index (χ1) is 13.9. The Labute approximate surface area is 180 Å². The summed E-state index contributed by atoms with van der Waals surface area (Å²) in [5.41, 5.74) is 3.54. The Morgan fingerprint density at radius 1 is 1.17 bits per heavy atom. The quantitative estimate of drug-likeness (QED) is 0.537. The van der Waals surface area contributed by atoms with Crippen LogP contribution < -0.4 is 15.4 Å². The Morgan fingerprint density at radius 2 is 1.93 bits per heavy atom. The lowest BCUT2D eigenvalue weighted by atomic mass is 9.99. The van der Waals surface area contributed by atoms with E-state index in [4.69, 9.17) is 4.74 Å². The highest BCUT2D eigenvalue weighted by molar-refractivity contribution is 9.10. The molecule has 0 spiro atoms. The Bertz CT molecular complexity index is 909. The van der Waals surface area contributed by atoms with Gasteiger partial charge in [-0.1, -0.05) is 26.0 Å². The summed E-state index contributed by atoms with van der Waals surface area (Å²) in [7, 11) is 0. The Kier molecular flexibility index (Phi) is 6.96. The average molecular weight is 459 g/mol. The van der Waals surface area contributed by atoms with Gasteiger partial charge < -0.3 is 15.4 Å². The standard InChI is InChI=1S/C23H27BrN2O3/c1-4-14(2)17-8-10-21(19(24)11-17)29-13-22(27)25-18-9-5-15(3)20(12-18)26-23(28)16-6-7-16/h5,8-12,14,16H,4,6-7,13H2,1-3H3,(H,25,27)(H,26,28). The third kappa shape index (κ3) is 5.82. The number of amides is 2. The summed E-state index contributed by atoms with van der Waals surface area (Å²) in [4.78, 5) is 24.3. The van der Waals surface area contributed by atoms with Crippen LogP contribution in [-0.2, 0) is 9.59 Å². The Hall–Kier alpha value is -2.34. The number of ether oxygens (including phenoxy) is 1. The minimum atomic E-state index is -0.258. The van der Waals surface area contributed by atoms with Gasteiger partial charge in [0.1, 0.15) is 5.75 Å². The molecule has 1 atom stereocenters. The van der Waals surface area contributed by atoms with E-state index < -0.39 is 0 Å². The summed E-state index contributed by atoms with van der Waals surface area (Å²) in [6, 6.07) is 11.4. The molecule has 1 fully saturated rings. The minimum absolute atomic E-state index is 0.0469. The zero-order valence-electron chi connectivity index (χ0n) is 17.0. The van der Waals surface area contributed by atoms with Gasteiger partial charge in [-0.05, 0) is 83.4 Å². The van der Waals surface area contributed by atoms with Crippen LogP contribution in [0, 0.1) is 12.8 Å². The van der Waals surface area contributed by atoms with Gasteiger partial charge in [0, 0.05) is 17.3 Å². The molecule has 3 rings (SSSR count). The maximum Gasteiger partial charge on any atom is 0.262 e. The number of carbonyl (C=O) groups excluding carboxylic acids is 2. The Morgan fingerprint density at radius 3 is 2.59 bits per heavy atom. The zero-order valence-corrected chi connectivity index (χ0v) is 18.6. The van der Waals surface area contributed by atoms with Gasteiger partial charge in [0.25, 0.3) is 5.91 Å². The number of aryl methyl sites for hydroxylation is 1. The molecule has 0 saturated heterocycles. The highest BCUT2D eigenvalue weighted by atomic mass is 79.9. The number of rotatable bonds is 8. The van der Waals surface area contributed by atoms with Crippen LogP contribution in [0.3, 0.4) is 0 Å². The highest BCUT2D eigenvalue weighted by Crippen LogP contribution is 2.32. The van der Waals surface area contributed by atoms with Crippen LogP contribution in [0.25, 0.3) is 0 Å². The van der Waals surface area contributed by atoms with Crippen LogP contribution >= 0.6 is 15.9 Å². The number of benzene rings is 2. The SMILES string of the molecule is CCC(C)c1ccc(OCC(=O)Nc2ccc(C)c(NC(=O)C3CC3)c2)c(Br)c1. The topological polar surface area (TPSA) is 67.4 Å². The summed E-state index contributed by atoms with van der Waals surface area (Å²) in [6.45, 7) is 6.16. The van der Waals surface area contributed by atoms with Gasteiger partial charge in [-0.15, -0.1) is 0 Å². The van der Waals surface area contributed by atoms with Gasteiger partial charge in [0.15, 0.2) is 6.61 Å². The van der Waals surface area contributed by atoms with E-state index in [1.165, 1.54) is 5.56 Å². The lowest BCUT2D eigenvalue weighted by Gasteiger charge is -2.14. The smallest absolute Gasteiger partial charge is 0.262 e. The molecule has 0 radical (unpaired) electrons. The summed E-state index contributed by atoms with van der Waals surface area (Å²) < 4.78 is 6.51. The molecule has 2 N–H and O–H groups in total. The van der Waals surface area contributed by atoms with Crippen molar-refractivity contribution in [3.63, 3.8) is 0 Å². The molecule has 1 unspecified atom stereocenters. The first kappa shape index (κ1) is 21.4. The molecule has 2 aromatic rings. The first-order valence-electron chi connectivity index (χ1n) is 10.0. The number of anilines is 2. The van der Waals surface area contributed by atoms with E-state index in [9.17, 15) is 9.59 Å². The molecule has 0 aliphatic heterocycles. The largest absolute Gasteiger partial charge is 0.483 e. The van der Waals surface area contributed by atoms with Crippen molar-refractivity contribution in [3.05, 3.63) is 52.0 Å². The van der Waals surface area contributed by atoms with Crippen LogP contribution in [0.15, 0.2) is 40.9 Å². The molecule has 2 amide bonds. The molecule has 0 bridgehead atoms. The monoisotopic (exact) mass is 458 g/mol. The summed E-state index contributed by atoms with van der Waals surface area (Å²) in [5.74, 6) is 1.02. The molecule has 0 heterocycles. The summed E-state index contributed by atoms with van der Waals surface area (Å²) >= 11 is 3.52.